The molecule has 4 N–H and O–H groups in total. The topological polar surface area (TPSA) is 165 Å². The molecule has 1 aliphatic heterocycles. The maximum absolute atomic E-state index is 12.8. The fourth-order valence-electron chi connectivity index (χ4n) is 6.21. The van der Waals surface area contributed by atoms with Crippen molar-refractivity contribution in [3.63, 3.8) is 0 Å². The minimum atomic E-state index is -0.257. The van der Waals surface area contributed by atoms with Crippen molar-refractivity contribution < 1.29 is 52.1 Å². The van der Waals surface area contributed by atoms with Gasteiger partial charge in [-0.05, 0) is 78.6 Å². The molecular weight excluding hydrogens is 770 g/mol. The molecule has 58 heavy (non-hydrogen) atoms. The molecule has 3 aromatic rings. The van der Waals surface area contributed by atoms with E-state index >= 15 is 0 Å². The van der Waals surface area contributed by atoms with Crippen molar-refractivity contribution >= 4 is 34.9 Å². The Morgan fingerprint density at radius 1 is 0.690 bits per heavy atom. The van der Waals surface area contributed by atoms with Crippen LogP contribution in [0.1, 0.15) is 31.9 Å². The van der Waals surface area contributed by atoms with E-state index in [9.17, 15) is 9.59 Å². The molecule has 1 aromatic heterocycles. The lowest BCUT2D eigenvalue weighted by molar-refractivity contribution is -0.572. The summed E-state index contributed by atoms with van der Waals surface area (Å²) in [4.78, 5) is 27.2. The summed E-state index contributed by atoms with van der Waals surface area (Å²) >= 11 is 6.11. The fourth-order valence-corrected chi connectivity index (χ4v) is 6.33. The van der Waals surface area contributed by atoms with Crippen molar-refractivity contribution in [2.75, 3.05) is 129 Å². The number of fused-ring (bicyclic) bond motifs is 1. The van der Waals surface area contributed by atoms with Gasteiger partial charge in [-0.15, -0.1) is 0 Å². The number of rotatable bonds is 29. The number of hydrogen-bond donors (Lipinski definition) is 3. The third-order valence-electron chi connectivity index (χ3n) is 8.99. The van der Waals surface area contributed by atoms with Gasteiger partial charge in [-0.25, -0.2) is 5.32 Å². The molecule has 16 heteroatoms. The average Bonchev–Trinajstić information content (AvgIpc) is 3.22. The minimum absolute atomic E-state index is 0.00837. The molecule has 0 radical (unpaired) electrons. The molecule has 0 fully saturated rings. The van der Waals surface area contributed by atoms with Gasteiger partial charge in [-0.1, -0.05) is 17.7 Å². The van der Waals surface area contributed by atoms with E-state index in [2.05, 4.69) is 23.6 Å². The molecule has 0 aliphatic carbocycles. The van der Waals surface area contributed by atoms with Crippen molar-refractivity contribution in [1.29, 1.82) is 0 Å². The lowest BCUT2D eigenvalue weighted by atomic mass is 9.89. The van der Waals surface area contributed by atoms with E-state index in [1.807, 2.05) is 53.4 Å². The predicted molar refractivity (Wildman–Crippen MR) is 222 cm³/mol. The lowest BCUT2D eigenvalue weighted by Gasteiger charge is -2.39. The zero-order valence-corrected chi connectivity index (χ0v) is 34.6. The maximum atomic E-state index is 12.8. The number of amides is 2. The summed E-state index contributed by atoms with van der Waals surface area (Å²) in [5.41, 5.74) is 10.2. The van der Waals surface area contributed by atoms with Crippen LogP contribution in [0.3, 0.4) is 0 Å². The molecule has 0 spiro atoms. The number of carbonyl (C=O) groups excluding carboxylic acids is 2. The number of halogens is 1. The van der Waals surface area contributed by atoms with Crippen molar-refractivity contribution in [3.8, 4) is 11.1 Å². The van der Waals surface area contributed by atoms with Gasteiger partial charge in [0.05, 0.1) is 124 Å². The van der Waals surface area contributed by atoms with Crippen molar-refractivity contribution in [1.82, 2.24) is 5.32 Å². The SMILES string of the molecule is CC(=O)N1c2ccc(-c3cc[n+](C(=O)NCCOCCOCCOCCOCCOCCOCCOCCOCCN)cc3)cc2[C@H](Nc2ccc(Cl)cc2)C[C@@H]1C. The van der Waals surface area contributed by atoms with Crippen LogP contribution in [0.5, 0.6) is 0 Å². The third kappa shape index (κ3) is 17.2. The Kier molecular flexibility index (Phi) is 22.5. The smallest absolute Gasteiger partial charge is 0.378 e. The van der Waals surface area contributed by atoms with Crippen LogP contribution in [-0.4, -0.2) is 137 Å². The minimum Gasteiger partial charge on any atom is -0.378 e. The molecule has 0 unspecified atom stereocenters. The molecule has 0 saturated heterocycles. The monoisotopic (exact) mass is 830 g/mol. The van der Waals surface area contributed by atoms with Crippen LogP contribution in [-0.2, 0) is 42.7 Å². The van der Waals surface area contributed by atoms with Gasteiger partial charge in [0.25, 0.3) is 0 Å². The second-order valence-corrected chi connectivity index (χ2v) is 13.8. The number of ether oxygens (including phenoxy) is 8. The molecule has 15 nitrogen and oxygen atoms in total. The third-order valence-corrected chi connectivity index (χ3v) is 9.24. The first-order chi connectivity index (χ1) is 28.4. The van der Waals surface area contributed by atoms with Crippen LogP contribution >= 0.6 is 11.6 Å². The van der Waals surface area contributed by atoms with Crippen LogP contribution in [0.15, 0.2) is 67.0 Å². The van der Waals surface area contributed by atoms with Crippen LogP contribution in [0.4, 0.5) is 16.2 Å². The van der Waals surface area contributed by atoms with E-state index in [0.29, 0.717) is 124 Å². The van der Waals surface area contributed by atoms with Gasteiger partial charge in [0.2, 0.25) is 5.91 Å². The standard InChI is InChI=1S/C42H60ClN5O10/c1-33-31-40(46-38-6-4-37(43)5-7-38)39-32-36(3-8-41(39)48(33)34(2)49)35-9-13-47(14-10-35)42(50)45-12-16-52-18-20-54-22-24-56-26-28-58-30-29-57-27-25-55-23-21-53-19-17-51-15-11-44/h3-10,13-14,32-33,40,46H,11-12,15-31,44H2,1-2H3/p+1/t33-,40+/m0/s1. The summed E-state index contributed by atoms with van der Waals surface area (Å²) in [6.07, 6.45) is 4.22. The highest BCUT2D eigenvalue weighted by molar-refractivity contribution is 6.30. The highest BCUT2D eigenvalue weighted by Crippen LogP contribution is 2.41. The number of aromatic nitrogens is 1. The average molecular weight is 831 g/mol. The Morgan fingerprint density at radius 2 is 1.17 bits per heavy atom. The number of nitrogens with zero attached hydrogens (tertiary/aromatic N) is 2. The second kappa shape index (κ2) is 27.9. The molecule has 1 aliphatic rings. The predicted octanol–water partition coefficient (Wildman–Crippen LogP) is 4.24. The summed E-state index contributed by atoms with van der Waals surface area (Å²) in [5.74, 6) is 0.00837. The zero-order valence-electron chi connectivity index (χ0n) is 33.9. The summed E-state index contributed by atoms with van der Waals surface area (Å²) in [7, 11) is 0. The maximum Gasteiger partial charge on any atom is 0.495 e. The Morgan fingerprint density at radius 3 is 1.66 bits per heavy atom. The molecule has 4 rings (SSSR count). The highest BCUT2D eigenvalue weighted by atomic mass is 35.5. The van der Waals surface area contributed by atoms with E-state index in [1.54, 1.807) is 19.3 Å². The van der Waals surface area contributed by atoms with Gasteiger partial charge in [-0.3, -0.25) is 4.79 Å². The molecular formula is C42H61ClN5O10+. The van der Waals surface area contributed by atoms with Gasteiger partial charge >= 0.3 is 6.03 Å². The number of carbonyl (C=O) groups is 2. The molecule has 2 amide bonds. The number of hydrogen-bond acceptors (Lipinski definition) is 12. The molecule has 2 heterocycles. The van der Waals surface area contributed by atoms with Crippen molar-refractivity contribution in [2.24, 2.45) is 5.73 Å². The van der Waals surface area contributed by atoms with Crippen LogP contribution < -0.4 is 25.8 Å². The summed E-state index contributed by atoms with van der Waals surface area (Å²) < 4.78 is 45.1. The van der Waals surface area contributed by atoms with E-state index in [0.717, 1.165) is 34.5 Å². The van der Waals surface area contributed by atoms with Gasteiger partial charge in [0.15, 0.2) is 0 Å². The van der Waals surface area contributed by atoms with E-state index in [-0.39, 0.29) is 24.0 Å². The quantitative estimate of drug-likeness (QED) is 0.0675. The van der Waals surface area contributed by atoms with E-state index in [4.69, 9.17) is 55.2 Å². The number of pyridine rings is 1. The first-order valence-corrected chi connectivity index (χ1v) is 20.3. The van der Waals surface area contributed by atoms with Gasteiger partial charge < -0.3 is 53.8 Å². The van der Waals surface area contributed by atoms with Crippen molar-refractivity contribution in [2.45, 2.75) is 32.4 Å². The number of anilines is 2. The largest absolute Gasteiger partial charge is 0.495 e. The number of nitrogens with one attached hydrogen (secondary N) is 2. The second-order valence-electron chi connectivity index (χ2n) is 13.4. The fraction of sp³-hybridized carbons (Fsp3) is 0.548. The number of benzene rings is 2. The summed E-state index contributed by atoms with van der Waals surface area (Å²) in [5, 5.41) is 7.17. The van der Waals surface area contributed by atoms with Crippen molar-refractivity contribution in [3.05, 3.63) is 77.6 Å². The Labute approximate surface area is 347 Å². The van der Waals surface area contributed by atoms with Crippen LogP contribution in [0, 0.1) is 0 Å². The van der Waals surface area contributed by atoms with Gasteiger partial charge in [0, 0.05) is 35.9 Å². The molecule has 0 bridgehead atoms. The Hall–Kier alpha value is -3.74. The Balaban J connectivity index is 1.01. The van der Waals surface area contributed by atoms with Gasteiger partial charge in [0.1, 0.15) is 6.54 Å². The van der Waals surface area contributed by atoms with E-state index < -0.39 is 0 Å². The molecule has 320 valence electrons. The first kappa shape index (κ1) is 46.9. The molecule has 2 aromatic carbocycles. The van der Waals surface area contributed by atoms with Crippen LogP contribution in [0.2, 0.25) is 5.02 Å². The summed E-state index contributed by atoms with van der Waals surface area (Å²) in [6.45, 7) is 12.2. The zero-order chi connectivity index (χ0) is 41.2. The Bertz CT molecular complexity index is 1600. The van der Waals surface area contributed by atoms with E-state index in [1.165, 1.54) is 4.57 Å². The molecule has 0 saturated carbocycles. The summed E-state index contributed by atoms with van der Waals surface area (Å²) in [6, 6.07) is 17.3. The molecule has 2 atom stereocenters. The first-order valence-electron chi connectivity index (χ1n) is 19.9. The number of nitrogens with two attached hydrogens (primary N) is 1. The highest BCUT2D eigenvalue weighted by Gasteiger charge is 2.32. The van der Waals surface area contributed by atoms with Crippen LogP contribution in [0.25, 0.3) is 11.1 Å². The van der Waals surface area contributed by atoms with Gasteiger partial charge in [-0.2, -0.15) is 9.36 Å². The lowest BCUT2D eigenvalue weighted by Crippen LogP contribution is -2.50. The normalized spacial score (nSPS) is 15.0.